The van der Waals surface area contributed by atoms with E-state index in [9.17, 15) is 9.90 Å². The number of hydrogen-bond acceptors (Lipinski definition) is 7. The van der Waals surface area contributed by atoms with Gasteiger partial charge in [0.15, 0.2) is 11.0 Å². The molecule has 0 aliphatic rings. The molecule has 8 nitrogen and oxygen atoms in total. The molecule has 156 valence electrons. The van der Waals surface area contributed by atoms with E-state index in [-0.39, 0.29) is 17.4 Å². The molecule has 0 spiro atoms. The highest BCUT2D eigenvalue weighted by Crippen LogP contribution is 2.25. The number of carbonyl (C=O) groups is 1. The number of para-hydroxylation sites is 1. The van der Waals surface area contributed by atoms with Crippen molar-refractivity contribution in [2.75, 3.05) is 12.9 Å². The van der Waals surface area contributed by atoms with Crippen molar-refractivity contribution >= 4 is 23.4 Å². The molecule has 0 saturated heterocycles. The van der Waals surface area contributed by atoms with E-state index in [1.165, 1.54) is 11.8 Å². The molecule has 2 N–H and O–H groups in total. The molecule has 9 heteroatoms. The number of hydrazone groups is 1. The number of phenolic OH excluding ortho intramolecular Hbond substituents is 1. The van der Waals surface area contributed by atoms with Crippen molar-refractivity contribution < 1.29 is 14.6 Å². The summed E-state index contributed by atoms with van der Waals surface area (Å²) in [5.41, 5.74) is 4.52. The van der Waals surface area contributed by atoms with Crippen LogP contribution in [0.3, 0.4) is 0 Å². The summed E-state index contributed by atoms with van der Waals surface area (Å²) in [5.74, 6) is 1.48. The molecule has 3 rings (SSSR count). The topological polar surface area (TPSA) is 102 Å². The maximum Gasteiger partial charge on any atom is 0.250 e. The molecule has 0 unspecified atom stereocenters. The summed E-state index contributed by atoms with van der Waals surface area (Å²) in [6.07, 6.45) is 0. The third kappa shape index (κ3) is 4.98. The van der Waals surface area contributed by atoms with Gasteiger partial charge in [-0.15, -0.1) is 10.2 Å². The SMILES string of the molecule is CCn1c(SCC(=O)N/N=C(\C)c2ccccc2O)nnc1-c1ccc(OC)cc1. The van der Waals surface area contributed by atoms with Crippen molar-refractivity contribution in [3.63, 3.8) is 0 Å². The van der Waals surface area contributed by atoms with Gasteiger partial charge in [0, 0.05) is 17.7 Å². The Hall–Kier alpha value is -3.33. The number of thioether (sulfide) groups is 1. The molecule has 0 radical (unpaired) electrons. The molecule has 30 heavy (non-hydrogen) atoms. The molecule has 1 amide bonds. The lowest BCUT2D eigenvalue weighted by molar-refractivity contribution is -0.118. The van der Waals surface area contributed by atoms with Crippen LogP contribution in [0.15, 0.2) is 58.8 Å². The number of phenols is 1. The number of aromatic nitrogens is 3. The first-order chi connectivity index (χ1) is 14.5. The van der Waals surface area contributed by atoms with E-state index in [1.807, 2.05) is 35.8 Å². The third-order valence-electron chi connectivity index (χ3n) is 4.36. The van der Waals surface area contributed by atoms with E-state index in [4.69, 9.17) is 4.74 Å². The number of nitrogens with zero attached hydrogens (tertiary/aromatic N) is 4. The van der Waals surface area contributed by atoms with Gasteiger partial charge in [0.25, 0.3) is 5.91 Å². The molecular weight excluding hydrogens is 402 g/mol. The lowest BCUT2D eigenvalue weighted by Crippen LogP contribution is -2.21. The second-order valence-electron chi connectivity index (χ2n) is 6.32. The normalized spacial score (nSPS) is 11.4. The maximum atomic E-state index is 12.2. The second-order valence-corrected chi connectivity index (χ2v) is 7.26. The molecule has 2 aromatic carbocycles. The van der Waals surface area contributed by atoms with Gasteiger partial charge in [0.05, 0.1) is 18.6 Å². The van der Waals surface area contributed by atoms with Gasteiger partial charge >= 0.3 is 0 Å². The van der Waals surface area contributed by atoms with Crippen molar-refractivity contribution in [2.45, 2.75) is 25.5 Å². The van der Waals surface area contributed by atoms with Gasteiger partial charge in [0.1, 0.15) is 11.5 Å². The smallest absolute Gasteiger partial charge is 0.250 e. The second kappa shape index (κ2) is 9.93. The van der Waals surface area contributed by atoms with Crippen molar-refractivity contribution in [3.8, 4) is 22.9 Å². The number of hydrogen-bond donors (Lipinski definition) is 2. The lowest BCUT2D eigenvalue weighted by Gasteiger charge is -2.08. The first-order valence-corrected chi connectivity index (χ1v) is 10.3. The van der Waals surface area contributed by atoms with Crippen LogP contribution >= 0.6 is 11.8 Å². The van der Waals surface area contributed by atoms with Gasteiger partial charge in [-0.25, -0.2) is 5.43 Å². The highest BCUT2D eigenvalue weighted by atomic mass is 32.2. The van der Waals surface area contributed by atoms with Gasteiger partial charge in [-0.2, -0.15) is 5.10 Å². The summed E-state index contributed by atoms with van der Waals surface area (Å²) >= 11 is 1.29. The molecule has 0 bridgehead atoms. The summed E-state index contributed by atoms with van der Waals surface area (Å²) in [6.45, 7) is 4.39. The fourth-order valence-electron chi connectivity index (χ4n) is 2.78. The number of aromatic hydroxyl groups is 1. The Labute approximate surface area is 179 Å². The number of methoxy groups -OCH3 is 1. The van der Waals surface area contributed by atoms with Crippen molar-refractivity contribution in [1.82, 2.24) is 20.2 Å². The highest BCUT2D eigenvalue weighted by molar-refractivity contribution is 7.99. The first-order valence-electron chi connectivity index (χ1n) is 9.35. The number of carbonyl (C=O) groups excluding carboxylic acids is 1. The number of amides is 1. The van der Waals surface area contributed by atoms with Crippen LogP contribution in [0.1, 0.15) is 19.4 Å². The molecular formula is C21H23N5O3S. The molecule has 0 atom stereocenters. The summed E-state index contributed by atoms with van der Waals surface area (Å²) in [7, 11) is 1.62. The zero-order valence-corrected chi connectivity index (χ0v) is 17.8. The highest BCUT2D eigenvalue weighted by Gasteiger charge is 2.15. The number of rotatable bonds is 8. The molecule has 1 heterocycles. The number of ether oxygens (including phenoxy) is 1. The molecule has 1 aromatic heterocycles. The summed E-state index contributed by atoms with van der Waals surface area (Å²) in [4.78, 5) is 12.2. The maximum absolute atomic E-state index is 12.2. The van der Waals surface area contributed by atoms with E-state index < -0.39 is 0 Å². The standard InChI is InChI=1S/C21H23N5O3S/c1-4-26-20(15-9-11-16(29-3)12-10-15)24-25-21(26)30-13-19(28)23-22-14(2)17-7-5-6-8-18(17)27/h5-12,27H,4,13H2,1-3H3,(H,23,28)/b22-14+. The quantitative estimate of drug-likeness (QED) is 0.326. The van der Waals surface area contributed by atoms with Crippen molar-refractivity contribution in [1.29, 1.82) is 0 Å². The lowest BCUT2D eigenvalue weighted by atomic mass is 10.1. The summed E-state index contributed by atoms with van der Waals surface area (Å²) in [5, 5.41) is 23.1. The van der Waals surface area contributed by atoms with Crippen LogP contribution in [0.5, 0.6) is 11.5 Å². The minimum atomic E-state index is -0.272. The summed E-state index contributed by atoms with van der Waals surface area (Å²) < 4.78 is 7.14. The average Bonchev–Trinajstić information content (AvgIpc) is 3.19. The third-order valence-corrected chi connectivity index (χ3v) is 5.32. The number of nitrogens with one attached hydrogen (secondary N) is 1. The zero-order valence-electron chi connectivity index (χ0n) is 17.0. The fraction of sp³-hybridized carbons (Fsp3) is 0.238. The molecule has 0 fully saturated rings. The van der Waals surface area contributed by atoms with Gasteiger partial charge in [-0.05, 0) is 50.2 Å². The minimum absolute atomic E-state index is 0.115. The van der Waals surface area contributed by atoms with Crippen LogP contribution < -0.4 is 10.2 Å². The van der Waals surface area contributed by atoms with Crippen molar-refractivity contribution in [2.24, 2.45) is 5.10 Å². The van der Waals surface area contributed by atoms with Gasteiger partial charge in [0.2, 0.25) is 0 Å². The van der Waals surface area contributed by atoms with Crippen molar-refractivity contribution in [3.05, 3.63) is 54.1 Å². The Bertz CT molecular complexity index is 1050. The monoisotopic (exact) mass is 425 g/mol. The van der Waals surface area contributed by atoms with Crippen LogP contribution in [0.25, 0.3) is 11.4 Å². The fourth-order valence-corrected chi connectivity index (χ4v) is 3.58. The Morgan fingerprint density at radius 1 is 1.20 bits per heavy atom. The van der Waals surface area contributed by atoms with E-state index in [0.29, 0.717) is 23.0 Å². The van der Waals surface area contributed by atoms with Crippen LogP contribution in [-0.2, 0) is 11.3 Å². The summed E-state index contributed by atoms with van der Waals surface area (Å²) in [6, 6.07) is 14.4. The average molecular weight is 426 g/mol. The van der Waals surface area contributed by atoms with E-state index in [1.54, 1.807) is 38.3 Å². The van der Waals surface area contributed by atoms with E-state index >= 15 is 0 Å². The number of benzene rings is 2. The Kier molecular flexibility index (Phi) is 7.08. The Morgan fingerprint density at radius 2 is 1.93 bits per heavy atom. The van der Waals surface area contributed by atoms with Crippen LogP contribution in [0.2, 0.25) is 0 Å². The predicted molar refractivity (Wildman–Crippen MR) is 117 cm³/mol. The molecule has 0 aliphatic carbocycles. The molecule has 3 aromatic rings. The minimum Gasteiger partial charge on any atom is -0.507 e. The Morgan fingerprint density at radius 3 is 2.60 bits per heavy atom. The molecule has 0 saturated carbocycles. The van der Waals surface area contributed by atoms with Gasteiger partial charge in [-0.1, -0.05) is 23.9 Å². The van der Waals surface area contributed by atoms with Crippen LogP contribution in [-0.4, -0.2) is 44.4 Å². The predicted octanol–water partition coefficient (Wildman–Crippen LogP) is 3.31. The van der Waals surface area contributed by atoms with E-state index in [2.05, 4.69) is 20.7 Å². The van der Waals surface area contributed by atoms with Gasteiger partial charge in [-0.3, -0.25) is 4.79 Å². The van der Waals surface area contributed by atoms with Crippen LogP contribution in [0.4, 0.5) is 0 Å². The van der Waals surface area contributed by atoms with Gasteiger partial charge < -0.3 is 14.4 Å². The largest absolute Gasteiger partial charge is 0.507 e. The Balaban J connectivity index is 1.64. The van der Waals surface area contributed by atoms with E-state index in [0.717, 1.165) is 17.1 Å². The zero-order chi connectivity index (χ0) is 21.5. The first kappa shape index (κ1) is 21.4. The molecule has 0 aliphatic heterocycles. The van der Waals surface area contributed by atoms with Crippen LogP contribution in [0, 0.1) is 0 Å².